The van der Waals surface area contributed by atoms with Gasteiger partial charge in [-0.15, -0.1) is 0 Å². The lowest BCUT2D eigenvalue weighted by molar-refractivity contribution is -0.0760. The molecule has 4 rings (SSSR count). The Kier molecular flexibility index (Phi) is 4.05. The fourth-order valence-electron chi connectivity index (χ4n) is 5.34. The standard InChI is InChI=1S/C20H25N3O/c21-14-17-15-23(19(24)16-8-3-1-4-9-16)22-13-7-12-20(18(17)22)10-5-2-6-11-20/h1,3-4,8-9,17-18H,2,5-7,10-13,15H2/t17-,18+/m1/s1. The summed E-state index contributed by atoms with van der Waals surface area (Å²) < 4.78 is 0. The first kappa shape index (κ1) is 15.7. The van der Waals surface area contributed by atoms with Crippen LogP contribution < -0.4 is 0 Å². The fraction of sp³-hybridized carbons (Fsp3) is 0.600. The number of rotatable bonds is 1. The van der Waals surface area contributed by atoms with Crippen LogP contribution in [0.3, 0.4) is 0 Å². The van der Waals surface area contributed by atoms with Gasteiger partial charge in [0.15, 0.2) is 0 Å². The minimum absolute atomic E-state index is 0.0474. The molecule has 2 atom stereocenters. The molecule has 4 heteroatoms. The largest absolute Gasteiger partial charge is 0.270 e. The third kappa shape index (κ3) is 2.43. The summed E-state index contributed by atoms with van der Waals surface area (Å²) in [7, 11) is 0. The van der Waals surface area contributed by atoms with Crippen LogP contribution in [-0.4, -0.2) is 35.1 Å². The Labute approximate surface area is 144 Å². The van der Waals surface area contributed by atoms with Crippen molar-refractivity contribution in [1.82, 2.24) is 10.0 Å². The van der Waals surface area contributed by atoms with Crippen molar-refractivity contribution in [2.24, 2.45) is 11.3 Å². The number of piperidine rings is 1. The predicted molar refractivity (Wildman–Crippen MR) is 91.8 cm³/mol. The van der Waals surface area contributed by atoms with Gasteiger partial charge in [0.05, 0.1) is 24.6 Å². The van der Waals surface area contributed by atoms with Gasteiger partial charge >= 0.3 is 0 Å². The van der Waals surface area contributed by atoms with Crippen molar-refractivity contribution in [3.05, 3.63) is 35.9 Å². The minimum Gasteiger partial charge on any atom is -0.270 e. The normalized spacial score (nSPS) is 29.2. The smallest absolute Gasteiger partial charge is 0.268 e. The third-order valence-corrected chi connectivity index (χ3v) is 6.34. The van der Waals surface area contributed by atoms with E-state index in [9.17, 15) is 10.1 Å². The van der Waals surface area contributed by atoms with Crippen LogP contribution in [-0.2, 0) is 0 Å². The highest BCUT2D eigenvalue weighted by Gasteiger charge is 2.55. The Morgan fingerprint density at radius 3 is 2.50 bits per heavy atom. The molecule has 1 saturated carbocycles. The molecule has 1 spiro atoms. The SMILES string of the molecule is N#C[C@@H]1CN(C(=O)c2ccccc2)N2CCCC3(CCCCC3)[C@H]12. The van der Waals surface area contributed by atoms with Gasteiger partial charge in [-0.2, -0.15) is 5.26 Å². The molecule has 24 heavy (non-hydrogen) atoms. The number of carbonyl (C=O) groups excluding carboxylic acids is 1. The molecule has 2 saturated heterocycles. The summed E-state index contributed by atoms with van der Waals surface area (Å²) in [5.74, 6) is -0.0118. The Morgan fingerprint density at radius 1 is 1.08 bits per heavy atom. The molecule has 0 N–H and O–H groups in total. The van der Waals surface area contributed by atoms with Crippen LogP contribution in [0.15, 0.2) is 30.3 Å². The lowest BCUT2D eigenvalue weighted by Gasteiger charge is -2.51. The molecule has 3 fully saturated rings. The van der Waals surface area contributed by atoms with Gasteiger partial charge in [-0.3, -0.25) is 9.80 Å². The quantitative estimate of drug-likeness (QED) is 0.793. The summed E-state index contributed by atoms with van der Waals surface area (Å²) >= 11 is 0. The second-order valence-electron chi connectivity index (χ2n) is 7.62. The van der Waals surface area contributed by atoms with Crippen LogP contribution in [0.25, 0.3) is 0 Å². The number of benzene rings is 1. The van der Waals surface area contributed by atoms with Crippen molar-refractivity contribution in [2.75, 3.05) is 13.1 Å². The zero-order chi connectivity index (χ0) is 16.6. The van der Waals surface area contributed by atoms with Gasteiger partial charge in [-0.05, 0) is 43.2 Å². The fourth-order valence-corrected chi connectivity index (χ4v) is 5.34. The van der Waals surface area contributed by atoms with Gasteiger partial charge in [0.2, 0.25) is 0 Å². The van der Waals surface area contributed by atoms with E-state index in [0.717, 1.165) is 18.5 Å². The average Bonchev–Trinajstić information content (AvgIpc) is 3.03. The summed E-state index contributed by atoms with van der Waals surface area (Å²) in [4.78, 5) is 13.0. The van der Waals surface area contributed by atoms with Crippen LogP contribution in [0.4, 0.5) is 0 Å². The molecule has 1 aromatic carbocycles. The first-order valence-electron chi connectivity index (χ1n) is 9.28. The van der Waals surface area contributed by atoms with Crippen LogP contribution in [0.5, 0.6) is 0 Å². The van der Waals surface area contributed by atoms with Crippen LogP contribution in [0, 0.1) is 22.7 Å². The zero-order valence-corrected chi connectivity index (χ0v) is 14.2. The average molecular weight is 323 g/mol. The molecule has 1 aliphatic carbocycles. The van der Waals surface area contributed by atoms with Crippen LogP contribution >= 0.6 is 0 Å². The number of nitriles is 1. The first-order chi connectivity index (χ1) is 11.7. The van der Waals surface area contributed by atoms with Crippen molar-refractivity contribution in [3.63, 3.8) is 0 Å². The van der Waals surface area contributed by atoms with E-state index in [1.165, 1.54) is 38.5 Å². The zero-order valence-electron chi connectivity index (χ0n) is 14.2. The Bertz CT molecular complexity index is 639. The lowest BCUT2D eigenvalue weighted by atomic mass is 9.62. The number of amides is 1. The number of fused-ring (bicyclic) bond motifs is 2. The summed E-state index contributed by atoms with van der Waals surface area (Å²) in [5.41, 5.74) is 0.973. The molecular formula is C20H25N3O. The highest BCUT2D eigenvalue weighted by molar-refractivity contribution is 5.94. The van der Waals surface area contributed by atoms with E-state index in [1.807, 2.05) is 35.3 Å². The summed E-state index contributed by atoms with van der Waals surface area (Å²) in [6, 6.07) is 12.2. The molecule has 2 heterocycles. The number of hydrogen-bond acceptors (Lipinski definition) is 3. The van der Waals surface area contributed by atoms with E-state index in [0.29, 0.717) is 6.54 Å². The molecule has 0 bridgehead atoms. The van der Waals surface area contributed by atoms with Gasteiger partial charge in [-0.25, -0.2) is 5.01 Å². The van der Waals surface area contributed by atoms with Crippen molar-refractivity contribution in [1.29, 1.82) is 5.26 Å². The van der Waals surface area contributed by atoms with E-state index in [4.69, 9.17) is 0 Å². The maximum atomic E-state index is 13.0. The molecule has 0 radical (unpaired) electrons. The minimum atomic E-state index is -0.0592. The molecular weight excluding hydrogens is 298 g/mol. The third-order valence-electron chi connectivity index (χ3n) is 6.34. The van der Waals surface area contributed by atoms with E-state index in [1.54, 1.807) is 0 Å². The summed E-state index contributed by atoms with van der Waals surface area (Å²) in [6.07, 6.45) is 8.66. The van der Waals surface area contributed by atoms with Gasteiger partial charge < -0.3 is 0 Å². The van der Waals surface area contributed by atoms with Crippen molar-refractivity contribution in [3.8, 4) is 6.07 Å². The monoisotopic (exact) mass is 323 g/mol. The first-order valence-corrected chi connectivity index (χ1v) is 9.28. The summed E-state index contributed by atoms with van der Waals surface area (Å²) in [6.45, 7) is 1.46. The molecule has 0 unspecified atom stereocenters. The van der Waals surface area contributed by atoms with Crippen LogP contribution in [0.1, 0.15) is 55.3 Å². The van der Waals surface area contributed by atoms with E-state index < -0.39 is 0 Å². The van der Waals surface area contributed by atoms with Gasteiger partial charge in [-0.1, -0.05) is 37.5 Å². The highest BCUT2D eigenvalue weighted by atomic mass is 16.2. The molecule has 1 aromatic rings. The van der Waals surface area contributed by atoms with Crippen molar-refractivity contribution < 1.29 is 4.79 Å². The highest BCUT2D eigenvalue weighted by Crippen LogP contribution is 2.52. The molecule has 4 nitrogen and oxygen atoms in total. The van der Waals surface area contributed by atoms with Gasteiger partial charge in [0.1, 0.15) is 0 Å². The lowest BCUT2D eigenvalue weighted by Crippen LogP contribution is -2.56. The molecule has 3 aliphatic rings. The maximum absolute atomic E-state index is 13.0. The topological polar surface area (TPSA) is 47.3 Å². The Morgan fingerprint density at radius 2 is 1.79 bits per heavy atom. The summed E-state index contributed by atoms with van der Waals surface area (Å²) in [5, 5.41) is 13.9. The van der Waals surface area contributed by atoms with Crippen LogP contribution in [0.2, 0.25) is 0 Å². The number of carbonyl (C=O) groups is 1. The van der Waals surface area contributed by atoms with Gasteiger partial charge in [0.25, 0.3) is 5.91 Å². The Balaban J connectivity index is 1.65. The van der Waals surface area contributed by atoms with Crippen molar-refractivity contribution in [2.45, 2.75) is 51.0 Å². The predicted octanol–water partition coefficient (Wildman–Crippen LogP) is 3.61. The van der Waals surface area contributed by atoms with E-state index in [-0.39, 0.29) is 23.3 Å². The second-order valence-corrected chi connectivity index (χ2v) is 7.62. The van der Waals surface area contributed by atoms with Crippen molar-refractivity contribution >= 4 is 5.91 Å². The number of hydrogen-bond donors (Lipinski definition) is 0. The molecule has 2 aliphatic heterocycles. The van der Waals surface area contributed by atoms with E-state index >= 15 is 0 Å². The molecule has 1 amide bonds. The maximum Gasteiger partial charge on any atom is 0.268 e. The number of hydrazine groups is 1. The van der Waals surface area contributed by atoms with E-state index in [2.05, 4.69) is 11.1 Å². The second kappa shape index (κ2) is 6.22. The Hall–Kier alpha value is -1.86. The number of nitrogens with zero attached hydrogens (tertiary/aromatic N) is 3. The molecule has 0 aromatic heterocycles. The van der Waals surface area contributed by atoms with Gasteiger partial charge in [0, 0.05) is 12.1 Å². The molecule has 126 valence electrons.